The predicted molar refractivity (Wildman–Crippen MR) is 104 cm³/mol. The Bertz CT molecular complexity index is 663. The van der Waals surface area contributed by atoms with Crippen LogP contribution in [0.3, 0.4) is 0 Å². The minimum atomic E-state index is 0.483. The quantitative estimate of drug-likeness (QED) is 0.509. The molecule has 4 rings (SSSR count). The van der Waals surface area contributed by atoms with E-state index in [1.807, 2.05) is 12.1 Å². The van der Waals surface area contributed by atoms with Gasteiger partial charge in [-0.25, -0.2) is 0 Å². The van der Waals surface area contributed by atoms with Gasteiger partial charge < -0.3 is 10.2 Å². The molecular weight excluding hydrogens is 332 g/mol. The average molecular weight is 359 g/mol. The van der Waals surface area contributed by atoms with E-state index in [2.05, 4.69) is 46.3 Å². The van der Waals surface area contributed by atoms with Crippen LogP contribution in [0.4, 0.5) is 0 Å². The fourth-order valence-corrected chi connectivity index (χ4v) is 4.24. The highest BCUT2D eigenvalue weighted by Gasteiger charge is 2.40. The molecule has 5 heteroatoms. The van der Waals surface area contributed by atoms with Crippen LogP contribution in [0.5, 0.6) is 0 Å². The van der Waals surface area contributed by atoms with E-state index in [-0.39, 0.29) is 0 Å². The lowest BCUT2D eigenvalue weighted by molar-refractivity contribution is 0.259. The van der Waals surface area contributed by atoms with E-state index >= 15 is 0 Å². The minimum Gasteiger partial charge on any atom is -0.353 e. The zero-order valence-electron chi connectivity index (χ0n) is 14.9. The highest BCUT2D eigenvalue weighted by Crippen LogP contribution is 2.41. The monoisotopic (exact) mass is 358 g/mol. The lowest BCUT2D eigenvalue weighted by Crippen LogP contribution is -2.44. The van der Waals surface area contributed by atoms with Gasteiger partial charge in [-0.15, -0.1) is 0 Å². The summed E-state index contributed by atoms with van der Waals surface area (Å²) in [7, 11) is 0. The van der Waals surface area contributed by atoms with Crippen molar-refractivity contribution in [1.29, 1.82) is 0 Å². The van der Waals surface area contributed by atoms with Crippen molar-refractivity contribution < 1.29 is 0 Å². The molecule has 0 bridgehead atoms. The average Bonchev–Trinajstić information content (AvgIpc) is 3.03. The predicted octanol–water partition coefficient (Wildman–Crippen LogP) is 3.11. The number of rotatable bonds is 4. The van der Waals surface area contributed by atoms with Gasteiger partial charge in [-0.05, 0) is 37.5 Å². The maximum Gasteiger partial charge on any atom is 0.194 e. The van der Waals surface area contributed by atoms with E-state index in [0.29, 0.717) is 18.0 Å². The van der Waals surface area contributed by atoms with Gasteiger partial charge in [-0.2, -0.15) is 0 Å². The summed E-state index contributed by atoms with van der Waals surface area (Å²) in [4.78, 5) is 9.77. The SMILES string of the molecule is CCN=C(NC1CC1c1cccc(Cl)c1)N1CCC(N2CC=CC2)C1. The summed E-state index contributed by atoms with van der Waals surface area (Å²) in [6.45, 7) is 7.32. The first-order valence-electron chi connectivity index (χ1n) is 9.45. The van der Waals surface area contributed by atoms with Gasteiger partial charge in [-0.1, -0.05) is 35.9 Å². The summed E-state index contributed by atoms with van der Waals surface area (Å²) >= 11 is 6.14. The molecule has 0 aromatic heterocycles. The molecule has 1 aromatic carbocycles. The van der Waals surface area contributed by atoms with Gasteiger partial charge in [0.15, 0.2) is 5.96 Å². The first kappa shape index (κ1) is 16.9. The van der Waals surface area contributed by atoms with Crippen molar-refractivity contribution in [2.24, 2.45) is 4.99 Å². The van der Waals surface area contributed by atoms with E-state index in [4.69, 9.17) is 16.6 Å². The summed E-state index contributed by atoms with van der Waals surface area (Å²) < 4.78 is 0. The van der Waals surface area contributed by atoms with Crippen LogP contribution in [-0.2, 0) is 0 Å². The Morgan fingerprint density at radius 3 is 2.92 bits per heavy atom. The number of nitrogens with zero attached hydrogens (tertiary/aromatic N) is 3. The number of benzene rings is 1. The molecule has 2 aliphatic heterocycles. The molecule has 1 saturated heterocycles. The van der Waals surface area contributed by atoms with Gasteiger partial charge in [0.25, 0.3) is 0 Å². The molecule has 134 valence electrons. The smallest absolute Gasteiger partial charge is 0.194 e. The molecule has 1 N–H and O–H groups in total. The van der Waals surface area contributed by atoms with Crippen molar-refractivity contribution in [1.82, 2.24) is 15.1 Å². The van der Waals surface area contributed by atoms with Crippen molar-refractivity contribution >= 4 is 17.6 Å². The zero-order chi connectivity index (χ0) is 17.2. The Labute approximate surface area is 155 Å². The molecular formula is C20H27ClN4. The standard InChI is InChI=1S/C20H27ClN4/c1-2-22-20(25-11-8-17(14-25)24-9-3-4-10-24)23-19-13-18(19)15-6-5-7-16(21)12-15/h3-7,12,17-19H,2,8-11,13-14H2,1H3,(H,22,23). The first-order valence-corrected chi connectivity index (χ1v) is 9.83. The molecule has 3 aliphatic rings. The maximum absolute atomic E-state index is 6.14. The number of nitrogens with one attached hydrogen (secondary N) is 1. The van der Waals surface area contributed by atoms with Gasteiger partial charge >= 0.3 is 0 Å². The van der Waals surface area contributed by atoms with Crippen LogP contribution in [0.1, 0.15) is 31.2 Å². The number of hydrogen-bond acceptors (Lipinski definition) is 2. The van der Waals surface area contributed by atoms with Gasteiger partial charge in [0.1, 0.15) is 0 Å². The fourth-order valence-electron chi connectivity index (χ4n) is 4.04. The summed E-state index contributed by atoms with van der Waals surface area (Å²) in [5, 5.41) is 4.54. The number of likely N-dealkylation sites (tertiary alicyclic amines) is 1. The molecule has 1 aliphatic carbocycles. The first-order chi connectivity index (χ1) is 12.2. The normalized spacial score (nSPS) is 29.4. The molecule has 2 heterocycles. The zero-order valence-corrected chi connectivity index (χ0v) is 15.6. The fraction of sp³-hybridized carbons (Fsp3) is 0.550. The van der Waals surface area contributed by atoms with Crippen molar-refractivity contribution in [2.45, 2.75) is 37.8 Å². The number of guanidine groups is 1. The van der Waals surface area contributed by atoms with E-state index in [1.165, 1.54) is 12.0 Å². The Kier molecular flexibility index (Phi) is 5.00. The van der Waals surface area contributed by atoms with E-state index in [1.54, 1.807) is 0 Å². The summed E-state index contributed by atoms with van der Waals surface area (Å²) in [6, 6.07) is 9.40. The summed E-state index contributed by atoms with van der Waals surface area (Å²) in [5.41, 5.74) is 1.34. The Hall–Kier alpha value is -1.52. The van der Waals surface area contributed by atoms with Gasteiger partial charge in [-0.3, -0.25) is 9.89 Å². The molecule has 0 spiro atoms. The molecule has 0 radical (unpaired) electrons. The van der Waals surface area contributed by atoms with Crippen LogP contribution in [-0.4, -0.2) is 60.6 Å². The third kappa shape index (κ3) is 3.85. The third-order valence-electron chi connectivity index (χ3n) is 5.52. The largest absolute Gasteiger partial charge is 0.353 e. The highest BCUT2D eigenvalue weighted by molar-refractivity contribution is 6.30. The van der Waals surface area contributed by atoms with Crippen LogP contribution < -0.4 is 5.32 Å². The topological polar surface area (TPSA) is 30.9 Å². The van der Waals surface area contributed by atoms with E-state index in [0.717, 1.165) is 50.1 Å². The molecule has 0 amide bonds. The van der Waals surface area contributed by atoms with Crippen LogP contribution in [0.2, 0.25) is 5.02 Å². The third-order valence-corrected chi connectivity index (χ3v) is 5.75. The molecule has 1 aromatic rings. The van der Waals surface area contributed by atoms with E-state index < -0.39 is 0 Å². The second kappa shape index (κ2) is 7.38. The van der Waals surface area contributed by atoms with Crippen LogP contribution >= 0.6 is 11.6 Å². The maximum atomic E-state index is 6.14. The molecule has 1 saturated carbocycles. The molecule has 4 nitrogen and oxygen atoms in total. The number of aliphatic imine (C=N–C) groups is 1. The second-order valence-corrected chi connectivity index (χ2v) is 7.70. The Morgan fingerprint density at radius 1 is 1.32 bits per heavy atom. The number of hydrogen-bond donors (Lipinski definition) is 1. The minimum absolute atomic E-state index is 0.483. The summed E-state index contributed by atoms with van der Waals surface area (Å²) in [5.74, 6) is 1.65. The molecule has 2 fully saturated rings. The van der Waals surface area contributed by atoms with Crippen molar-refractivity contribution in [3.05, 3.63) is 47.0 Å². The van der Waals surface area contributed by atoms with E-state index in [9.17, 15) is 0 Å². The Balaban J connectivity index is 1.36. The summed E-state index contributed by atoms with van der Waals surface area (Å²) in [6.07, 6.45) is 6.95. The van der Waals surface area contributed by atoms with Crippen molar-refractivity contribution in [3.8, 4) is 0 Å². The molecule has 3 atom stereocenters. The molecule has 25 heavy (non-hydrogen) atoms. The highest BCUT2D eigenvalue weighted by atomic mass is 35.5. The van der Waals surface area contributed by atoms with Crippen LogP contribution in [0, 0.1) is 0 Å². The Morgan fingerprint density at radius 2 is 2.16 bits per heavy atom. The van der Waals surface area contributed by atoms with Gasteiger partial charge in [0.2, 0.25) is 0 Å². The van der Waals surface area contributed by atoms with Crippen molar-refractivity contribution in [2.75, 3.05) is 32.7 Å². The van der Waals surface area contributed by atoms with Crippen LogP contribution in [0.15, 0.2) is 41.4 Å². The second-order valence-electron chi connectivity index (χ2n) is 7.26. The molecule has 3 unspecified atom stereocenters. The van der Waals surface area contributed by atoms with Gasteiger partial charge in [0, 0.05) is 55.7 Å². The van der Waals surface area contributed by atoms with Crippen LogP contribution in [0.25, 0.3) is 0 Å². The lowest BCUT2D eigenvalue weighted by atomic mass is 10.1. The lowest BCUT2D eigenvalue weighted by Gasteiger charge is -2.25. The van der Waals surface area contributed by atoms with Gasteiger partial charge in [0.05, 0.1) is 0 Å². The number of halogens is 1. The van der Waals surface area contributed by atoms with Crippen molar-refractivity contribution in [3.63, 3.8) is 0 Å².